The molecule has 0 spiro atoms. The lowest BCUT2D eigenvalue weighted by Crippen LogP contribution is -2.13. The van der Waals surface area contributed by atoms with Crippen molar-refractivity contribution in [3.63, 3.8) is 0 Å². The fourth-order valence-corrected chi connectivity index (χ4v) is 2.05. The highest BCUT2D eigenvalue weighted by Crippen LogP contribution is 2.32. The molecule has 0 bridgehead atoms. The Kier molecular flexibility index (Phi) is 5.05. The van der Waals surface area contributed by atoms with Gasteiger partial charge < -0.3 is 10.1 Å². The van der Waals surface area contributed by atoms with Gasteiger partial charge in [0.15, 0.2) is 0 Å². The summed E-state index contributed by atoms with van der Waals surface area (Å²) >= 11 is 0. The summed E-state index contributed by atoms with van der Waals surface area (Å²) in [5.41, 5.74) is 1.17. The van der Waals surface area contributed by atoms with Crippen LogP contribution in [0, 0.1) is 16.0 Å². The Labute approximate surface area is 123 Å². The van der Waals surface area contributed by atoms with E-state index in [1.165, 1.54) is 0 Å². The molecule has 2 rings (SSSR count). The second-order valence-corrected chi connectivity index (χ2v) is 5.18. The first-order valence-corrected chi connectivity index (χ1v) is 6.93. The number of aromatic nitrogens is 1. The summed E-state index contributed by atoms with van der Waals surface area (Å²) in [4.78, 5) is 15.1. The number of anilines is 1. The van der Waals surface area contributed by atoms with Gasteiger partial charge in [0.2, 0.25) is 0 Å². The Bertz CT molecular complexity index is 629. The lowest BCUT2D eigenvalue weighted by atomic mass is 10.1. The van der Waals surface area contributed by atoms with Crippen LogP contribution in [0.25, 0.3) is 10.9 Å². The van der Waals surface area contributed by atoms with Crippen molar-refractivity contribution < 1.29 is 9.66 Å². The van der Waals surface area contributed by atoms with E-state index in [4.69, 9.17) is 4.74 Å². The first kappa shape index (κ1) is 15.2. The zero-order chi connectivity index (χ0) is 15.2. The van der Waals surface area contributed by atoms with E-state index in [1.54, 1.807) is 30.5 Å². The maximum Gasteiger partial charge on any atom is 0.301 e. The molecule has 0 saturated heterocycles. The maximum atomic E-state index is 11.3. The number of nitro groups is 1. The molecular weight excluding hydrogens is 270 g/mol. The van der Waals surface area contributed by atoms with Gasteiger partial charge in [0.1, 0.15) is 5.69 Å². The van der Waals surface area contributed by atoms with Gasteiger partial charge in [-0.05, 0) is 30.2 Å². The maximum absolute atomic E-state index is 11.3. The van der Waals surface area contributed by atoms with E-state index in [9.17, 15) is 10.1 Å². The predicted molar refractivity (Wildman–Crippen MR) is 82.5 cm³/mol. The van der Waals surface area contributed by atoms with E-state index in [0.29, 0.717) is 42.3 Å². The number of hydrogen-bond donors (Lipinski definition) is 1. The third-order valence-electron chi connectivity index (χ3n) is 2.95. The predicted octanol–water partition coefficient (Wildman–Crippen LogP) is 3.23. The highest BCUT2D eigenvalue weighted by atomic mass is 16.6. The molecule has 6 nitrogen and oxygen atoms in total. The third kappa shape index (κ3) is 3.88. The van der Waals surface area contributed by atoms with Gasteiger partial charge in [0.25, 0.3) is 0 Å². The Morgan fingerprint density at radius 2 is 2.19 bits per heavy atom. The van der Waals surface area contributed by atoms with Gasteiger partial charge in [0.05, 0.1) is 22.4 Å². The quantitative estimate of drug-likeness (QED) is 0.481. The third-order valence-corrected chi connectivity index (χ3v) is 2.95. The molecule has 0 fully saturated rings. The zero-order valence-electron chi connectivity index (χ0n) is 12.2. The van der Waals surface area contributed by atoms with Gasteiger partial charge in [-0.15, -0.1) is 0 Å². The smallest absolute Gasteiger partial charge is 0.301 e. The van der Waals surface area contributed by atoms with Gasteiger partial charge in [0, 0.05) is 19.3 Å². The molecule has 1 heterocycles. The number of nitrogens with one attached hydrogen (secondary N) is 1. The Balaban J connectivity index is 2.12. The molecule has 1 aromatic heterocycles. The number of fused-ring (bicyclic) bond motifs is 1. The number of nitrogens with zero attached hydrogens (tertiary/aromatic N) is 2. The molecule has 0 radical (unpaired) electrons. The molecule has 0 aliphatic heterocycles. The van der Waals surface area contributed by atoms with Crippen molar-refractivity contribution in [1.82, 2.24) is 4.98 Å². The standard InChI is InChI=1S/C15H19N3O3/c1-11(2)10-21-9-8-17-14-6-5-13-12(4-3-7-16-13)15(14)18(19)20/h3-7,11,17H,8-10H2,1-2H3. The molecule has 6 heteroatoms. The van der Waals surface area contributed by atoms with Crippen molar-refractivity contribution in [3.05, 3.63) is 40.6 Å². The van der Waals surface area contributed by atoms with Gasteiger partial charge in [-0.1, -0.05) is 13.8 Å². The van der Waals surface area contributed by atoms with Crippen LogP contribution in [-0.4, -0.2) is 29.7 Å². The largest absolute Gasteiger partial charge is 0.379 e. The molecule has 21 heavy (non-hydrogen) atoms. The van der Waals surface area contributed by atoms with Crippen molar-refractivity contribution in [1.29, 1.82) is 0 Å². The van der Waals surface area contributed by atoms with Crippen molar-refractivity contribution >= 4 is 22.3 Å². The number of nitro benzene ring substituents is 1. The van der Waals surface area contributed by atoms with Gasteiger partial charge in [-0.2, -0.15) is 0 Å². The highest BCUT2D eigenvalue weighted by molar-refractivity contribution is 5.94. The first-order chi connectivity index (χ1) is 10.1. The normalized spacial score (nSPS) is 11.0. The van der Waals surface area contributed by atoms with Crippen LogP contribution >= 0.6 is 0 Å². The highest BCUT2D eigenvalue weighted by Gasteiger charge is 2.18. The lowest BCUT2D eigenvalue weighted by molar-refractivity contribution is -0.382. The first-order valence-electron chi connectivity index (χ1n) is 6.93. The van der Waals surface area contributed by atoms with Crippen molar-refractivity contribution in [2.45, 2.75) is 13.8 Å². The molecule has 0 aliphatic carbocycles. The fourth-order valence-electron chi connectivity index (χ4n) is 2.05. The van der Waals surface area contributed by atoms with E-state index in [-0.39, 0.29) is 10.6 Å². The Morgan fingerprint density at radius 3 is 2.90 bits per heavy atom. The second-order valence-electron chi connectivity index (χ2n) is 5.18. The van der Waals surface area contributed by atoms with Crippen LogP contribution in [0.15, 0.2) is 30.5 Å². The van der Waals surface area contributed by atoms with Crippen molar-refractivity contribution in [2.75, 3.05) is 25.1 Å². The summed E-state index contributed by atoms with van der Waals surface area (Å²) in [6, 6.07) is 6.88. The number of ether oxygens (including phenoxy) is 1. The molecule has 2 aromatic rings. The molecule has 1 N–H and O–H groups in total. The summed E-state index contributed by atoms with van der Waals surface area (Å²) in [5.74, 6) is 0.478. The van der Waals surface area contributed by atoms with Gasteiger partial charge in [-0.3, -0.25) is 15.1 Å². The van der Waals surface area contributed by atoms with Crippen molar-refractivity contribution in [2.24, 2.45) is 5.92 Å². The summed E-state index contributed by atoms with van der Waals surface area (Å²) in [6.45, 7) is 5.88. The topological polar surface area (TPSA) is 77.3 Å². The summed E-state index contributed by atoms with van der Waals surface area (Å²) in [7, 11) is 0. The summed E-state index contributed by atoms with van der Waals surface area (Å²) < 4.78 is 5.46. The molecule has 0 atom stereocenters. The van der Waals surface area contributed by atoms with Crippen LogP contribution in [0.1, 0.15) is 13.8 Å². The van der Waals surface area contributed by atoms with Crippen LogP contribution in [-0.2, 0) is 4.74 Å². The van der Waals surface area contributed by atoms with E-state index in [2.05, 4.69) is 24.1 Å². The average Bonchev–Trinajstić information content (AvgIpc) is 2.45. The SMILES string of the molecule is CC(C)COCCNc1ccc2ncccc2c1[N+](=O)[O-]. The zero-order valence-corrected chi connectivity index (χ0v) is 12.2. The summed E-state index contributed by atoms with van der Waals surface area (Å²) in [5, 5.41) is 14.9. The molecule has 112 valence electrons. The molecular formula is C15H19N3O3. The molecule has 0 unspecified atom stereocenters. The van der Waals surface area contributed by atoms with Crippen molar-refractivity contribution in [3.8, 4) is 0 Å². The average molecular weight is 289 g/mol. The Morgan fingerprint density at radius 1 is 1.38 bits per heavy atom. The van der Waals surface area contributed by atoms with E-state index in [0.717, 1.165) is 0 Å². The number of rotatable bonds is 7. The van der Waals surface area contributed by atoms with Crippen LogP contribution < -0.4 is 5.32 Å². The number of pyridine rings is 1. The van der Waals surface area contributed by atoms with Gasteiger partial charge in [-0.25, -0.2) is 0 Å². The van der Waals surface area contributed by atoms with E-state index in [1.807, 2.05) is 0 Å². The summed E-state index contributed by atoms with van der Waals surface area (Å²) in [6.07, 6.45) is 1.62. The number of hydrogen-bond acceptors (Lipinski definition) is 5. The second kappa shape index (κ2) is 6.99. The number of benzene rings is 1. The molecule has 0 aliphatic rings. The lowest BCUT2D eigenvalue weighted by Gasteiger charge is -2.10. The minimum Gasteiger partial charge on any atom is -0.379 e. The van der Waals surface area contributed by atoms with Gasteiger partial charge >= 0.3 is 5.69 Å². The Hall–Kier alpha value is -2.21. The van der Waals surface area contributed by atoms with E-state index < -0.39 is 0 Å². The van der Waals surface area contributed by atoms with Crippen LogP contribution in [0.3, 0.4) is 0 Å². The van der Waals surface area contributed by atoms with Crippen LogP contribution in [0.2, 0.25) is 0 Å². The minimum absolute atomic E-state index is 0.0597. The molecule has 1 aromatic carbocycles. The van der Waals surface area contributed by atoms with E-state index >= 15 is 0 Å². The van der Waals surface area contributed by atoms with Crippen LogP contribution in [0.4, 0.5) is 11.4 Å². The monoisotopic (exact) mass is 289 g/mol. The molecule has 0 amide bonds. The van der Waals surface area contributed by atoms with Crippen LogP contribution in [0.5, 0.6) is 0 Å². The minimum atomic E-state index is -0.374. The molecule has 0 saturated carbocycles. The fraction of sp³-hybridized carbons (Fsp3) is 0.400.